The lowest BCUT2D eigenvalue weighted by atomic mass is 10.2. The maximum atomic E-state index is 14.3. The Kier molecular flexibility index (Phi) is 3.52. The summed E-state index contributed by atoms with van der Waals surface area (Å²) in [6.45, 7) is 1.86. The summed E-state index contributed by atoms with van der Waals surface area (Å²) in [6.07, 6.45) is 0. The van der Waals surface area contributed by atoms with E-state index < -0.39 is 0 Å². The van der Waals surface area contributed by atoms with Gasteiger partial charge in [-0.2, -0.15) is 0 Å². The van der Waals surface area contributed by atoms with Gasteiger partial charge >= 0.3 is 0 Å². The maximum absolute atomic E-state index is 14.3. The van der Waals surface area contributed by atoms with Crippen LogP contribution in [0.2, 0.25) is 0 Å². The summed E-state index contributed by atoms with van der Waals surface area (Å²) in [6, 6.07) is 10.8. The van der Waals surface area contributed by atoms with Gasteiger partial charge in [0.1, 0.15) is 11.6 Å². The molecule has 5 heteroatoms. The third-order valence-electron chi connectivity index (χ3n) is 3.15. The van der Waals surface area contributed by atoms with Crippen molar-refractivity contribution in [2.75, 3.05) is 0 Å². The number of alkyl halides is 1. The SMILES string of the molecule is Cc1ccc(-n2c(CCl)nc3ccc(Br)cc32)c(F)c1. The lowest BCUT2D eigenvalue weighted by Gasteiger charge is -2.09. The second-order valence-corrected chi connectivity index (χ2v) is 5.77. The van der Waals surface area contributed by atoms with E-state index in [2.05, 4.69) is 20.9 Å². The van der Waals surface area contributed by atoms with Crippen LogP contribution >= 0.6 is 27.5 Å². The molecule has 1 heterocycles. The largest absolute Gasteiger partial charge is 0.292 e. The van der Waals surface area contributed by atoms with Crippen LogP contribution in [0.4, 0.5) is 4.39 Å². The first-order chi connectivity index (χ1) is 9.60. The zero-order chi connectivity index (χ0) is 14.3. The van der Waals surface area contributed by atoms with E-state index in [1.165, 1.54) is 6.07 Å². The van der Waals surface area contributed by atoms with E-state index in [4.69, 9.17) is 11.6 Å². The van der Waals surface area contributed by atoms with E-state index in [1.807, 2.05) is 31.2 Å². The molecule has 1 aromatic heterocycles. The van der Waals surface area contributed by atoms with Gasteiger partial charge in [0.15, 0.2) is 0 Å². The first kappa shape index (κ1) is 13.6. The highest BCUT2D eigenvalue weighted by molar-refractivity contribution is 9.10. The standard InChI is InChI=1S/C15H11BrClFN2/c1-9-2-5-13(11(18)6-9)20-14-7-10(16)3-4-12(14)19-15(20)8-17/h2-7H,8H2,1H3. The summed E-state index contributed by atoms with van der Waals surface area (Å²) < 4.78 is 16.9. The molecule has 0 fully saturated rings. The van der Waals surface area contributed by atoms with Crippen LogP contribution in [0, 0.1) is 12.7 Å². The van der Waals surface area contributed by atoms with Gasteiger partial charge in [-0.1, -0.05) is 22.0 Å². The fraction of sp³-hybridized carbons (Fsp3) is 0.133. The molecule has 0 aliphatic rings. The van der Waals surface area contributed by atoms with Crippen LogP contribution in [0.25, 0.3) is 16.7 Å². The fourth-order valence-electron chi connectivity index (χ4n) is 2.25. The smallest absolute Gasteiger partial charge is 0.147 e. The molecule has 2 nitrogen and oxygen atoms in total. The Morgan fingerprint density at radius 1 is 1.25 bits per heavy atom. The number of rotatable bonds is 2. The van der Waals surface area contributed by atoms with Crippen molar-refractivity contribution in [1.82, 2.24) is 9.55 Å². The number of halogens is 3. The monoisotopic (exact) mass is 352 g/mol. The minimum Gasteiger partial charge on any atom is -0.292 e. The molecule has 0 amide bonds. The first-order valence-corrected chi connectivity index (χ1v) is 7.42. The van der Waals surface area contributed by atoms with Gasteiger partial charge in [0, 0.05) is 4.47 Å². The van der Waals surface area contributed by atoms with Crippen LogP contribution in [0.3, 0.4) is 0 Å². The molecule has 0 aliphatic carbocycles. The van der Waals surface area contributed by atoms with E-state index in [0.717, 1.165) is 21.1 Å². The number of aromatic nitrogens is 2. The van der Waals surface area contributed by atoms with E-state index in [9.17, 15) is 4.39 Å². The molecule has 3 rings (SSSR count). The molecule has 0 bridgehead atoms. The Labute approximate surface area is 129 Å². The summed E-state index contributed by atoms with van der Waals surface area (Å²) in [5.74, 6) is 0.567. The Bertz CT molecular complexity index is 798. The summed E-state index contributed by atoms with van der Waals surface area (Å²) in [7, 11) is 0. The topological polar surface area (TPSA) is 17.8 Å². The lowest BCUT2D eigenvalue weighted by molar-refractivity contribution is 0.616. The van der Waals surface area contributed by atoms with Crippen LogP contribution in [0.15, 0.2) is 40.9 Å². The molecule has 0 radical (unpaired) electrons. The van der Waals surface area contributed by atoms with Crippen molar-refractivity contribution in [3.05, 3.63) is 58.1 Å². The van der Waals surface area contributed by atoms with Crippen molar-refractivity contribution in [2.45, 2.75) is 12.8 Å². The average Bonchev–Trinajstić information content (AvgIpc) is 2.76. The molecule has 20 heavy (non-hydrogen) atoms. The van der Waals surface area contributed by atoms with Crippen LogP contribution in [-0.2, 0) is 5.88 Å². The van der Waals surface area contributed by atoms with Gasteiger partial charge in [-0.05, 0) is 42.8 Å². The number of aryl methyl sites for hydroxylation is 1. The molecule has 0 aliphatic heterocycles. The zero-order valence-corrected chi connectivity index (χ0v) is 13.0. The molecule has 0 N–H and O–H groups in total. The lowest BCUT2D eigenvalue weighted by Crippen LogP contribution is -2.02. The quantitative estimate of drug-likeness (QED) is 0.594. The molecule has 0 spiro atoms. The molecular formula is C15H11BrClFN2. The third-order valence-corrected chi connectivity index (χ3v) is 3.88. The van der Waals surface area contributed by atoms with Crippen LogP contribution in [0.5, 0.6) is 0 Å². The van der Waals surface area contributed by atoms with Crippen LogP contribution in [0.1, 0.15) is 11.4 Å². The summed E-state index contributed by atoms with van der Waals surface area (Å²) in [5.41, 5.74) is 2.97. The number of hydrogen-bond donors (Lipinski definition) is 0. The normalized spacial score (nSPS) is 11.2. The van der Waals surface area contributed by atoms with Crippen molar-refractivity contribution >= 4 is 38.6 Å². The number of hydrogen-bond acceptors (Lipinski definition) is 1. The van der Waals surface area contributed by atoms with E-state index in [1.54, 1.807) is 10.6 Å². The van der Waals surface area contributed by atoms with Gasteiger partial charge in [-0.25, -0.2) is 9.37 Å². The van der Waals surface area contributed by atoms with Gasteiger partial charge in [0.2, 0.25) is 0 Å². The van der Waals surface area contributed by atoms with E-state index >= 15 is 0 Å². The van der Waals surface area contributed by atoms with Crippen LogP contribution in [-0.4, -0.2) is 9.55 Å². The number of fused-ring (bicyclic) bond motifs is 1. The summed E-state index contributed by atoms with van der Waals surface area (Å²) >= 11 is 9.39. The molecule has 3 aromatic rings. The number of benzene rings is 2. The Morgan fingerprint density at radius 2 is 2.05 bits per heavy atom. The van der Waals surface area contributed by atoms with E-state index in [-0.39, 0.29) is 11.7 Å². The Hall–Kier alpha value is -1.39. The summed E-state index contributed by atoms with van der Waals surface area (Å²) in [4.78, 5) is 4.46. The maximum Gasteiger partial charge on any atom is 0.147 e. The molecular weight excluding hydrogens is 343 g/mol. The third kappa shape index (κ3) is 2.23. The van der Waals surface area contributed by atoms with Gasteiger partial charge in [0.05, 0.1) is 22.6 Å². The zero-order valence-electron chi connectivity index (χ0n) is 10.7. The highest BCUT2D eigenvalue weighted by Gasteiger charge is 2.15. The molecule has 0 saturated carbocycles. The minimum absolute atomic E-state index is 0.222. The van der Waals surface area contributed by atoms with Crippen LogP contribution < -0.4 is 0 Å². The van der Waals surface area contributed by atoms with Crippen molar-refractivity contribution in [3.63, 3.8) is 0 Å². The molecule has 0 unspecified atom stereocenters. The van der Waals surface area contributed by atoms with Crippen molar-refractivity contribution < 1.29 is 4.39 Å². The fourth-order valence-corrected chi connectivity index (χ4v) is 2.78. The Balaban J connectivity index is 2.36. The van der Waals surface area contributed by atoms with Gasteiger partial charge in [0.25, 0.3) is 0 Å². The second kappa shape index (κ2) is 5.19. The minimum atomic E-state index is -0.282. The number of nitrogens with zero attached hydrogens (tertiary/aromatic N) is 2. The van der Waals surface area contributed by atoms with Crippen molar-refractivity contribution in [3.8, 4) is 5.69 Å². The number of imidazole rings is 1. The molecule has 102 valence electrons. The Morgan fingerprint density at radius 3 is 2.75 bits per heavy atom. The van der Waals surface area contributed by atoms with Gasteiger partial charge in [-0.3, -0.25) is 4.57 Å². The highest BCUT2D eigenvalue weighted by atomic mass is 79.9. The molecule has 0 saturated heterocycles. The summed E-state index contributed by atoms with van der Waals surface area (Å²) in [5, 5.41) is 0. The predicted octanol–water partition coefficient (Wildman–Crippen LogP) is 4.97. The average molecular weight is 354 g/mol. The van der Waals surface area contributed by atoms with Gasteiger partial charge < -0.3 is 0 Å². The molecule has 2 aromatic carbocycles. The predicted molar refractivity (Wildman–Crippen MR) is 83.0 cm³/mol. The second-order valence-electron chi connectivity index (χ2n) is 4.58. The van der Waals surface area contributed by atoms with Crippen molar-refractivity contribution in [1.29, 1.82) is 0 Å². The highest BCUT2D eigenvalue weighted by Crippen LogP contribution is 2.27. The molecule has 0 atom stereocenters. The van der Waals surface area contributed by atoms with Gasteiger partial charge in [-0.15, -0.1) is 11.6 Å². The van der Waals surface area contributed by atoms with E-state index in [0.29, 0.717) is 11.5 Å². The first-order valence-electron chi connectivity index (χ1n) is 6.09. The van der Waals surface area contributed by atoms with Crippen molar-refractivity contribution in [2.24, 2.45) is 0 Å².